The highest BCUT2D eigenvalue weighted by Crippen LogP contribution is 2.40. The van der Waals surface area contributed by atoms with E-state index in [2.05, 4.69) is 39.4 Å². The minimum atomic E-state index is -0.202. The number of hydrogen-bond donors (Lipinski definition) is 3. The molecule has 2 unspecified atom stereocenters. The number of nitrogens with one attached hydrogen (secondary N) is 3. The molecule has 6 nitrogen and oxygen atoms in total. The van der Waals surface area contributed by atoms with Gasteiger partial charge >= 0.3 is 0 Å². The summed E-state index contributed by atoms with van der Waals surface area (Å²) in [6.07, 6.45) is 1.98. The smallest absolute Gasteiger partial charge is 0.245 e. The number of nitrogens with zero attached hydrogens (tertiary/aromatic N) is 1. The first-order chi connectivity index (χ1) is 13.6. The Bertz CT molecular complexity index is 887. The average molecular weight is 433 g/mol. The van der Waals surface area contributed by atoms with Crippen molar-refractivity contribution >= 4 is 58.2 Å². The van der Waals surface area contributed by atoms with Crippen LogP contribution in [0.5, 0.6) is 0 Å². The van der Waals surface area contributed by atoms with Crippen molar-refractivity contribution in [2.45, 2.75) is 21.0 Å². The van der Waals surface area contributed by atoms with Crippen LogP contribution >= 0.6 is 35.0 Å². The maximum atomic E-state index is 12.6. The molecule has 2 aliphatic heterocycles. The van der Waals surface area contributed by atoms with Gasteiger partial charge in [0.05, 0.1) is 15.8 Å². The van der Waals surface area contributed by atoms with Crippen LogP contribution in [0.4, 0.5) is 11.4 Å². The van der Waals surface area contributed by atoms with Gasteiger partial charge in [-0.25, -0.2) is 0 Å². The largest absolute Gasteiger partial charge is 0.356 e. The van der Waals surface area contributed by atoms with Crippen molar-refractivity contribution < 1.29 is 9.59 Å². The van der Waals surface area contributed by atoms with E-state index in [1.807, 2.05) is 18.2 Å². The molecule has 1 saturated heterocycles. The van der Waals surface area contributed by atoms with Gasteiger partial charge in [-0.2, -0.15) is 0 Å². The number of carbonyl (C=O) groups is 2. The van der Waals surface area contributed by atoms with Crippen molar-refractivity contribution in [1.29, 1.82) is 0 Å². The van der Waals surface area contributed by atoms with E-state index >= 15 is 0 Å². The molecule has 2 aromatic rings. The molecule has 1 fully saturated rings. The monoisotopic (exact) mass is 432 g/mol. The molecule has 3 N–H and O–H groups in total. The Kier molecular flexibility index (Phi) is 5.84. The Morgan fingerprint density at radius 3 is 3.04 bits per heavy atom. The number of benzene rings is 1. The molecule has 3 heterocycles. The third-order valence-corrected chi connectivity index (χ3v) is 7.53. The summed E-state index contributed by atoms with van der Waals surface area (Å²) in [4.78, 5) is 27.0. The molecule has 0 saturated carbocycles. The number of anilines is 2. The lowest BCUT2D eigenvalue weighted by Gasteiger charge is -2.17. The third-order valence-electron chi connectivity index (χ3n) is 4.60. The SMILES string of the molecule is C=CC(=O)N1CCC(C(=O)NC2Nc3ccc(NSc4cccs4)cc3S2)C1. The molecule has 2 atom stereocenters. The summed E-state index contributed by atoms with van der Waals surface area (Å²) in [7, 11) is 0. The lowest BCUT2D eigenvalue weighted by molar-refractivity contribution is -0.126. The Morgan fingerprint density at radius 2 is 2.25 bits per heavy atom. The molecular formula is C19H20N4O2S3. The van der Waals surface area contributed by atoms with E-state index < -0.39 is 0 Å². The molecule has 2 amide bonds. The first-order valence-electron chi connectivity index (χ1n) is 8.88. The number of amides is 2. The molecular weight excluding hydrogens is 412 g/mol. The van der Waals surface area contributed by atoms with Gasteiger partial charge in [0.15, 0.2) is 5.50 Å². The number of thiophene rings is 1. The Hall–Kier alpha value is -2.10. The van der Waals surface area contributed by atoms with E-state index in [0.717, 1.165) is 16.3 Å². The van der Waals surface area contributed by atoms with Gasteiger partial charge in [0, 0.05) is 23.7 Å². The second kappa shape index (κ2) is 8.50. The fourth-order valence-corrected chi connectivity index (χ4v) is 5.64. The van der Waals surface area contributed by atoms with E-state index in [1.165, 1.54) is 10.3 Å². The second-order valence-corrected chi connectivity index (χ2v) is 9.67. The van der Waals surface area contributed by atoms with E-state index in [-0.39, 0.29) is 23.2 Å². The molecule has 9 heteroatoms. The highest BCUT2D eigenvalue weighted by molar-refractivity contribution is 8.02. The molecule has 1 aromatic heterocycles. The quantitative estimate of drug-likeness (QED) is 0.476. The summed E-state index contributed by atoms with van der Waals surface area (Å²) >= 11 is 4.87. The summed E-state index contributed by atoms with van der Waals surface area (Å²) in [6.45, 7) is 4.56. The van der Waals surface area contributed by atoms with Crippen LogP contribution in [0.15, 0.2) is 57.5 Å². The van der Waals surface area contributed by atoms with Crippen LogP contribution in [0.2, 0.25) is 0 Å². The maximum Gasteiger partial charge on any atom is 0.245 e. The van der Waals surface area contributed by atoms with E-state index in [1.54, 1.807) is 39.9 Å². The number of fused-ring (bicyclic) bond motifs is 1. The van der Waals surface area contributed by atoms with Crippen molar-refractivity contribution in [3.8, 4) is 0 Å². The Morgan fingerprint density at radius 1 is 1.36 bits per heavy atom. The number of rotatable bonds is 6. The zero-order valence-corrected chi connectivity index (χ0v) is 17.5. The molecule has 2 aliphatic rings. The van der Waals surface area contributed by atoms with E-state index in [4.69, 9.17) is 0 Å². The standard InChI is InChI=1S/C19H20N4O2S3/c1-2-16(24)23-8-7-12(11-23)18(25)21-19-20-14-6-5-13(10-15(14)27-19)22-28-17-4-3-9-26-17/h2-6,9-10,12,19-20,22H,1,7-8,11H2,(H,21,25). The summed E-state index contributed by atoms with van der Waals surface area (Å²) in [5.74, 6) is -0.310. The van der Waals surface area contributed by atoms with Crippen LogP contribution in [-0.4, -0.2) is 35.3 Å². The molecule has 1 aromatic carbocycles. The van der Waals surface area contributed by atoms with Gasteiger partial charge in [0.2, 0.25) is 11.8 Å². The van der Waals surface area contributed by atoms with Crippen molar-refractivity contribution in [2.75, 3.05) is 23.1 Å². The highest BCUT2D eigenvalue weighted by atomic mass is 32.2. The molecule has 0 bridgehead atoms. The number of hydrogen-bond acceptors (Lipinski definition) is 7. The van der Waals surface area contributed by atoms with Crippen molar-refractivity contribution in [1.82, 2.24) is 10.2 Å². The van der Waals surface area contributed by atoms with Gasteiger partial charge in [-0.15, -0.1) is 11.3 Å². The minimum absolute atomic E-state index is 0.0243. The lowest BCUT2D eigenvalue weighted by atomic mass is 10.1. The topological polar surface area (TPSA) is 73.5 Å². The van der Waals surface area contributed by atoms with Crippen LogP contribution in [-0.2, 0) is 9.59 Å². The summed E-state index contributed by atoms with van der Waals surface area (Å²) < 4.78 is 4.56. The summed E-state index contributed by atoms with van der Waals surface area (Å²) in [5.41, 5.74) is 1.83. The van der Waals surface area contributed by atoms with E-state index in [0.29, 0.717) is 19.5 Å². The number of thioether (sulfide) groups is 1. The van der Waals surface area contributed by atoms with Crippen LogP contribution < -0.4 is 15.4 Å². The molecule has 0 radical (unpaired) electrons. The zero-order valence-electron chi connectivity index (χ0n) is 15.0. The maximum absolute atomic E-state index is 12.6. The lowest BCUT2D eigenvalue weighted by Crippen LogP contribution is -2.41. The molecule has 146 valence electrons. The van der Waals surface area contributed by atoms with Gasteiger partial charge in [-0.05, 0) is 54.1 Å². The van der Waals surface area contributed by atoms with Crippen LogP contribution in [0.1, 0.15) is 6.42 Å². The zero-order chi connectivity index (χ0) is 19.5. The van der Waals surface area contributed by atoms with Gasteiger partial charge < -0.3 is 20.3 Å². The van der Waals surface area contributed by atoms with Gasteiger partial charge in [-0.3, -0.25) is 9.59 Å². The fraction of sp³-hybridized carbons (Fsp3) is 0.263. The predicted octanol–water partition coefficient (Wildman–Crippen LogP) is 3.82. The minimum Gasteiger partial charge on any atom is -0.356 e. The summed E-state index contributed by atoms with van der Waals surface area (Å²) in [6, 6.07) is 10.2. The Balaban J connectivity index is 1.30. The van der Waals surface area contributed by atoms with Gasteiger partial charge in [0.1, 0.15) is 0 Å². The first kappa shape index (κ1) is 19.2. The van der Waals surface area contributed by atoms with E-state index in [9.17, 15) is 9.59 Å². The average Bonchev–Trinajstić information content (AvgIpc) is 3.45. The number of likely N-dealkylation sites (tertiary alicyclic amines) is 1. The van der Waals surface area contributed by atoms with Crippen LogP contribution in [0.3, 0.4) is 0 Å². The second-order valence-electron chi connectivity index (χ2n) is 6.47. The highest BCUT2D eigenvalue weighted by Gasteiger charge is 2.32. The molecule has 0 spiro atoms. The summed E-state index contributed by atoms with van der Waals surface area (Å²) in [5, 5.41) is 8.43. The van der Waals surface area contributed by atoms with Gasteiger partial charge in [-0.1, -0.05) is 24.4 Å². The first-order valence-corrected chi connectivity index (χ1v) is 11.5. The van der Waals surface area contributed by atoms with Crippen LogP contribution in [0, 0.1) is 5.92 Å². The van der Waals surface area contributed by atoms with Crippen LogP contribution in [0.25, 0.3) is 0 Å². The molecule has 4 rings (SSSR count). The number of carbonyl (C=O) groups excluding carboxylic acids is 2. The molecule has 28 heavy (non-hydrogen) atoms. The normalized spacial score (nSPS) is 20.4. The third kappa shape index (κ3) is 4.31. The molecule has 0 aliphatic carbocycles. The fourth-order valence-electron chi connectivity index (χ4n) is 3.15. The van der Waals surface area contributed by atoms with Crippen molar-refractivity contribution in [2.24, 2.45) is 5.92 Å². The predicted molar refractivity (Wildman–Crippen MR) is 117 cm³/mol. The Labute approximate surface area is 176 Å². The van der Waals surface area contributed by atoms with Gasteiger partial charge in [0.25, 0.3) is 0 Å². The van der Waals surface area contributed by atoms with Crippen molar-refractivity contribution in [3.63, 3.8) is 0 Å². The van der Waals surface area contributed by atoms with Crippen molar-refractivity contribution in [3.05, 3.63) is 48.4 Å².